The second-order valence-electron chi connectivity index (χ2n) is 6.97. The molecule has 2 aliphatic carbocycles. The Morgan fingerprint density at radius 2 is 2.18 bits per heavy atom. The Balaban J connectivity index is 0.00000144. The van der Waals surface area contributed by atoms with E-state index in [4.69, 9.17) is 0 Å². The van der Waals surface area contributed by atoms with Crippen molar-refractivity contribution < 1.29 is 0 Å². The zero-order valence-electron chi connectivity index (χ0n) is 13.3. The van der Waals surface area contributed by atoms with E-state index in [1.165, 1.54) is 38.5 Å². The smallest absolute Gasteiger partial charge is 0.0945 e. The van der Waals surface area contributed by atoms with Crippen molar-refractivity contribution in [1.29, 1.82) is 0 Å². The summed E-state index contributed by atoms with van der Waals surface area (Å²) in [6.07, 6.45) is 13.9. The van der Waals surface area contributed by atoms with Gasteiger partial charge in [0.1, 0.15) is 0 Å². The van der Waals surface area contributed by atoms with Crippen molar-refractivity contribution in [1.82, 2.24) is 9.55 Å². The number of aromatic nitrogens is 2. The molecule has 2 atom stereocenters. The lowest BCUT2D eigenvalue weighted by Gasteiger charge is -2.46. The monoisotopic (exact) mass is 316 g/mol. The predicted molar refractivity (Wildman–Crippen MR) is 92.6 cm³/mol. The van der Waals surface area contributed by atoms with Crippen LogP contribution in [0, 0.1) is 5.92 Å². The maximum atomic E-state index is 4.20. The molecule has 0 amide bonds. The maximum Gasteiger partial charge on any atom is 0.0945 e. The quantitative estimate of drug-likeness (QED) is 0.812. The molecule has 22 heavy (non-hydrogen) atoms. The second kappa shape index (κ2) is 6.08. The fraction of sp³-hybridized carbons (Fsp3) is 0.526. The maximum absolute atomic E-state index is 4.20. The van der Waals surface area contributed by atoms with Crippen LogP contribution in [0.25, 0.3) is 0 Å². The number of benzene rings is 1. The summed E-state index contributed by atoms with van der Waals surface area (Å²) in [5, 5.41) is 0. The Hall–Kier alpha value is -1.28. The highest BCUT2D eigenvalue weighted by atomic mass is 35.5. The Bertz CT molecular complexity index is 635. The van der Waals surface area contributed by atoms with E-state index in [-0.39, 0.29) is 12.4 Å². The Morgan fingerprint density at radius 1 is 1.32 bits per heavy atom. The van der Waals surface area contributed by atoms with Crippen LogP contribution < -0.4 is 0 Å². The number of aryl methyl sites for hydroxylation is 1. The van der Waals surface area contributed by atoms with Gasteiger partial charge in [-0.25, -0.2) is 4.98 Å². The molecule has 1 heterocycles. The molecule has 2 unspecified atom stereocenters. The first-order valence-corrected chi connectivity index (χ1v) is 8.38. The van der Waals surface area contributed by atoms with Crippen LogP contribution in [-0.2, 0) is 24.8 Å². The molecule has 118 valence electrons. The topological polar surface area (TPSA) is 17.8 Å². The zero-order chi connectivity index (χ0) is 14.3. The van der Waals surface area contributed by atoms with Gasteiger partial charge >= 0.3 is 0 Å². The summed E-state index contributed by atoms with van der Waals surface area (Å²) in [4.78, 5) is 4.20. The number of hydrogen-bond acceptors (Lipinski definition) is 1. The molecule has 0 saturated heterocycles. The molecule has 0 saturated carbocycles. The van der Waals surface area contributed by atoms with Gasteiger partial charge in [0.25, 0.3) is 0 Å². The third-order valence-corrected chi connectivity index (χ3v) is 5.76. The molecular formula is C19H25ClN2. The Morgan fingerprint density at radius 3 is 2.95 bits per heavy atom. The molecule has 2 aromatic rings. The van der Waals surface area contributed by atoms with Crippen LogP contribution in [0.3, 0.4) is 0 Å². The summed E-state index contributed by atoms with van der Waals surface area (Å²) < 4.78 is 2.26. The van der Waals surface area contributed by atoms with Crippen molar-refractivity contribution in [3.63, 3.8) is 0 Å². The highest BCUT2D eigenvalue weighted by Crippen LogP contribution is 2.50. The van der Waals surface area contributed by atoms with Crippen LogP contribution in [0.1, 0.15) is 49.3 Å². The van der Waals surface area contributed by atoms with Gasteiger partial charge in [-0.1, -0.05) is 25.1 Å². The van der Waals surface area contributed by atoms with Crippen molar-refractivity contribution in [2.45, 2.75) is 57.4 Å². The molecule has 0 spiro atoms. The number of hydrogen-bond donors (Lipinski definition) is 0. The third kappa shape index (κ3) is 2.48. The van der Waals surface area contributed by atoms with Crippen molar-refractivity contribution >= 4 is 12.4 Å². The Labute approximate surface area is 139 Å². The molecule has 0 radical (unpaired) electrons. The van der Waals surface area contributed by atoms with E-state index < -0.39 is 0 Å². The molecular weight excluding hydrogens is 292 g/mol. The van der Waals surface area contributed by atoms with Gasteiger partial charge in [-0.05, 0) is 66.5 Å². The van der Waals surface area contributed by atoms with Gasteiger partial charge in [0.2, 0.25) is 0 Å². The van der Waals surface area contributed by atoms with Crippen LogP contribution in [0.5, 0.6) is 0 Å². The van der Waals surface area contributed by atoms with E-state index in [9.17, 15) is 0 Å². The lowest BCUT2D eigenvalue weighted by molar-refractivity contribution is 0.226. The molecule has 0 aliphatic heterocycles. The van der Waals surface area contributed by atoms with E-state index in [2.05, 4.69) is 40.9 Å². The minimum Gasteiger partial charge on any atom is -0.337 e. The molecule has 0 bridgehead atoms. The van der Waals surface area contributed by atoms with Crippen LogP contribution in [0.4, 0.5) is 0 Å². The minimum absolute atomic E-state index is 0. The van der Waals surface area contributed by atoms with Crippen LogP contribution in [-0.4, -0.2) is 9.55 Å². The molecule has 2 aliphatic rings. The van der Waals surface area contributed by atoms with Gasteiger partial charge in [0, 0.05) is 18.9 Å². The molecule has 3 heteroatoms. The third-order valence-electron chi connectivity index (χ3n) is 5.76. The first kappa shape index (κ1) is 15.6. The van der Waals surface area contributed by atoms with Crippen LogP contribution in [0.15, 0.2) is 36.9 Å². The van der Waals surface area contributed by atoms with Gasteiger partial charge < -0.3 is 4.57 Å². The fourth-order valence-electron chi connectivity index (χ4n) is 4.91. The van der Waals surface area contributed by atoms with E-state index in [0.29, 0.717) is 5.41 Å². The first-order chi connectivity index (χ1) is 10.3. The average Bonchev–Trinajstić information content (AvgIpc) is 3.00. The van der Waals surface area contributed by atoms with E-state index >= 15 is 0 Å². The lowest BCUT2D eigenvalue weighted by Crippen LogP contribution is -2.39. The number of imidazole rings is 1. The minimum atomic E-state index is 0. The standard InChI is InChI=1S/C19H24N2.ClH/c1-2-19-8-4-7-16-5-3-6-17(18(16)19)11-15(12-19)13-21-10-9-20-14-21;/h3,5-6,9-10,14-15H,2,4,7-8,11-13H2,1H3;1H. The summed E-state index contributed by atoms with van der Waals surface area (Å²) in [5.74, 6) is 0.750. The molecule has 4 rings (SSSR count). The largest absolute Gasteiger partial charge is 0.337 e. The average molecular weight is 317 g/mol. The van der Waals surface area contributed by atoms with Crippen molar-refractivity contribution in [2.75, 3.05) is 0 Å². The molecule has 1 aromatic carbocycles. The zero-order valence-corrected chi connectivity index (χ0v) is 14.1. The second-order valence-corrected chi connectivity index (χ2v) is 6.97. The fourth-order valence-corrected chi connectivity index (χ4v) is 4.91. The van der Waals surface area contributed by atoms with Crippen molar-refractivity contribution in [2.24, 2.45) is 5.92 Å². The van der Waals surface area contributed by atoms with Crippen LogP contribution in [0.2, 0.25) is 0 Å². The highest BCUT2D eigenvalue weighted by molar-refractivity contribution is 5.85. The van der Waals surface area contributed by atoms with Gasteiger partial charge in [-0.2, -0.15) is 0 Å². The van der Waals surface area contributed by atoms with Crippen molar-refractivity contribution in [3.8, 4) is 0 Å². The molecule has 0 fully saturated rings. The Kier molecular flexibility index (Phi) is 4.31. The molecule has 1 aromatic heterocycles. The number of nitrogens with zero attached hydrogens (tertiary/aromatic N) is 2. The first-order valence-electron chi connectivity index (χ1n) is 8.38. The highest BCUT2D eigenvalue weighted by Gasteiger charge is 2.41. The van der Waals surface area contributed by atoms with Gasteiger partial charge in [0.15, 0.2) is 0 Å². The summed E-state index contributed by atoms with van der Waals surface area (Å²) in [6, 6.07) is 7.03. The van der Waals surface area contributed by atoms with E-state index in [1.807, 2.05) is 12.5 Å². The van der Waals surface area contributed by atoms with Crippen molar-refractivity contribution in [3.05, 3.63) is 53.6 Å². The number of halogens is 1. The summed E-state index contributed by atoms with van der Waals surface area (Å²) in [6.45, 7) is 3.51. The SMILES string of the molecule is CCC12CCCc3cccc(c31)CC(Cn1ccnc1)C2.Cl. The lowest BCUT2D eigenvalue weighted by atomic mass is 9.59. The number of rotatable bonds is 3. The van der Waals surface area contributed by atoms with E-state index in [0.717, 1.165) is 12.5 Å². The normalized spacial score (nSPS) is 26.1. The van der Waals surface area contributed by atoms with Crippen LogP contribution >= 0.6 is 12.4 Å². The summed E-state index contributed by atoms with van der Waals surface area (Å²) in [5.41, 5.74) is 5.46. The van der Waals surface area contributed by atoms with E-state index in [1.54, 1.807) is 16.7 Å². The van der Waals surface area contributed by atoms with Gasteiger partial charge in [0.05, 0.1) is 6.33 Å². The summed E-state index contributed by atoms with van der Waals surface area (Å²) >= 11 is 0. The predicted octanol–water partition coefficient (Wildman–Crippen LogP) is 4.55. The molecule has 2 nitrogen and oxygen atoms in total. The van der Waals surface area contributed by atoms with Gasteiger partial charge in [-0.3, -0.25) is 0 Å². The van der Waals surface area contributed by atoms with Gasteiger partial charge in [-0.15, -0.1) is 12.4 Å². The molecule has 0 N–H and O–H groups in total. The summed E-state index contributed by atoms with van der Waals surface area (Å²) in [7, 11) is 0.